The second-order valence-corrected chi connectivity index (χ2v) is 7.99. The molecule has 4 heteroatoms. The number of fused-ring (bicyclic) bond motifs is 1. The molecule has 0 saturated carbocycles. The maximum atomic E-state index is 12.1. The highest BCUT2D eigenvalue weighted by Gasteiger charge is 2.13. The quantitative estimate of drug-likeness (QED) is 0.536. The fourth-order valence-electron chi connectivity index (χ4n) is 3.17. The van der Waals surface area contributed by atoms with Gasteiger partial charge in [0, 0.05) is 35.8 Å². The van der Waals surface area contributed by atoms with Crippen LogP contribution in [0.25, 0.3) is 10.9 Å². The maximum Gasteiger partial charge on any atom is 0.225 e. The summed E-state index contributed by atoms with van der Waals surface area (Å²) in [5, 5.41) is 7.60. The van der Waals surface area contributed by atoms with Gasteiger partial charge in [0.15, 0.2) is 0 Å². The second-order valence-electron chi connectivity index (χ2n) is 7.99. The molecule has 0 spiro atoms. The van der Waals surface area contributed by atoms with Crippen molar-refractivity contribution < 1.29 is 4.79 Å². The molecule has 2 aromatic carbocycles. The van der Waals surface area contributed by atoms with E-state index in [1.54, 1.807) is 0 Å². The first-order valence-electron chi connectivity index (χ1n) is 9.59. The lowest BCUT2D eigenvalue weighted by molar-refractivity contribution is -0.116. The zero-order valence-corrected chi connectivity index (χ0v) is 16.4. The van der Waals surface area contributed by atoms with Crippen molar-refractivity contribution in [1.82, 2.24) is 10.3 Å². The Morgan fingerprint density at radius 3 is 2.48 bits per heavy atom. The average molecular weight is 364 g/mol. The third-order valence-electron chi connectivity index (χ3n) is 4.81. The van der Waals surface area contributed by atoms with Crippen LogP contribution in [0.5, 0.6) is 0 Å². The predicted octanol–water partition coefficient (Wildman–Crippen LogP) is 4.63. The lowest BCUT2D eigenvalue weighted by Crippen LogP contribution is -2.23. The van der Waals surface area contributed by atoms with Crippen molar-refractivity contribution in [3.8, 4) is 0 Å². The van der Waals surface area contributed by atoms with E-state index in [4.69, 9.17) is 0 Å². The average Bonchev–Trinajstić information content (AvgIpc) is 3.04. The van der Waals surface area contributed by atoms with E-state index in [1.165, 1.54) is 22.0 Å². The molecule has 3 rings (SSSR count). The Balaban J connectivity index is 1.38. The first-order valence-corrected chi connectivity index (χ1v) is 9.59. The van der Waals surface area contributed by atoms with Crippen LogP contribution in [0.3, 0.4) is 0 Å². The molecule has 0 radical (unpaired) electrons. The highest BCUT2D eigenvalue weighted by molar-refractivity contribution is 5.90. The lowest BCUT2D eigenvalue weighted by Gasteiger charge is -2.19. The molecule has 142 valence electrons. The lowest BCUT2D eigenvalue weighted by atomic mass is 9.87. The van der Waals surface area contributed by atoms with Crippen molar-refractivity contribution in [1.29, 1.82) is 0 Å². The summed E-state index contributed by atoms with van der Waals surface area (Å²) in [6.07, 6.45) is 3.48. The van der Waals surface area contributed by atoms with Crippen LogP contribution in [0.2, 0.25) is 0 Å². The first kappa shape index (κ1) is 19.2. The molecule has 1 amide bonds. The van der Waals surface area contributed by atoms with E-state index in [2.05, 4.69) is 72.9 Å². The number of aromatic nitrogens is 1. The minimum atomic E-state index is 0.0399. The van der Waals surface area contributed by atoms with Crippen LogP contribution in [0.1, 0.15) is 38.3 Å². The van der Waals surface area contributed by atoms with Gasteiger partial charge in [-0.3, -0.25) is 4.79 Å². The van der Waals surface area contributed by atoms with Crippen LogP contribution in [0.4, 0.5) is 5.69 Å². The van der Waals surface area contributed by atoms with Crippen molar-refractivity contribution in [2.75, 3.05) is 18.4 Å². The van der Waals surface area contributed by atoms with Gasteiger partial charge >= 0.3 is 0 Å². The topological polar surface area (TPSA) is 56.9 Å². The molecule has 0 aliphatic heterocycles. The minimum Gasteiger partial charge on any atom is -0.361 e. The van der Waals surface area contributed by atoms with Gasteiger partial charge in [-0.05, 0) is 47.7 Å². The number of nitrogens with one attached hydrogen (secondary N) is 3. The van der Waals surface area contributed by atoms with Gasteiger partial charge in [-0.2, -0.15) is 0 Å². The fourth-order valence-corrected chi connectivity index (χ4v) is 3.17. The van der Waals surface area contributed by atoms with Crippen molar-refractivity contribution in [3.05, 3.63) is 65.9 Å². The van der Waals surface area contributed by atoms with E-state index in [0.29, 0.717) is 13.0 Å². The summed E-state index contributed by atoms with van der Waals surface area (Å²) in [6.45, 7) is 8.08. The molecule has 1 aromatic heterocycles. The number of amides is 1. The Morgan fingerprint density at radius 2 is 1.74 bits per heavy atom. The van der Waals surface area contributed by atoms with Crippen LogP contribution in [0, 0.1) is 0 Å². The zero-order valence-electron chi connectivity index (χ0n) is 16.4. The molecule has 0 aliphatic carbocycles. The summed E-state index contributed by atoms with van der Waals surface area (Å²) in [5.41, 5.74) is 4.72. The third-order valence-corrected chi connectivity index (χ3v) is 4.81. The van der Waals surface area contributed by atoms with Crippen molar-refractivity contribution in [3.63, 3.8) is 0 Å². The minimum absolute atomic E-state index is 0.0399. The number of benzene rings is 2. The van der Waals surface area contributed by atoms with E-state index in [9.17, 15) is 4.79 Å². The molecular weight excluding hydrogens is 334 g/mol. The summed E-state index contributed by atoms with van der Waals surface area (Å²) in [4.78, 5) is 15.4. The molecule has 3 N–H and O–H groups in total. The molecule has 0 atom stereocenters. The predicted molar refractivity (Wildman–Crippen MR) is 113 cm³/mol. The molecule has 27 heavy (non-hydrogen) atoms. The van der Waals surface area contributed by atoms with Gasteiger partial charge in [0.2, 0.25) is 5.91 Å². The summed E-state index contributed by atoms with van der Waals surface area (Å²) in [5.74, 6) is 0.0399. The molecule has 0 aliphatic rings. The largest absolute Gasteiger partial charge is 0.361 e. The van der Waals surface area contributed by atoms with Gasteiger partial charge in [0.25, 0.3) is 0 Å². The van der Waals surface area contributed by atoms with E-state index in [1.807, 2.05) is 18.2 Å². The van der Waals surface area contributed by atoms with Gasteiger partial charge in [0.05, 0.1) is 0 Å². The summed E-state index contributed by atoms with van der Waals surface area (Å²) >= 11 is 0. The summed E-state index contributed by atoms with van der Waals surface area (Å²) < 4.78 is 0. The molecule has 0 unspecified atom stereocenters. The standard InChI is InChI=1S/C23H29N3O/c1-23(2,3)18-8-10-19(11-9-18)26-22(27)13-15-24-14-12-17-16-25-21-7-5-4-6-20(17)21/h4-11,16,24-25H,12-15H2,1-3H3,(H,26,27). The number of anilines is 1. The molecule has 0 bridgehead atoms. The number of hydrogen-bond donors (Lipinski definition) is 3. The van der Waals surface area contributed by atoms with Gasteiger partial charge in [0.1, 0.15) is 0 Å². The number of rotatable bonds is 7. The van der Waals surface area contributed by atoms with Gasteiger partial charge in [-0.25, -0.2) is 0 Å². The molecule has 3 aromatic rings. The molecule has 4 nitrogen and oxygen atoms in total. The monoisotopic (exact) mass is 363 g/mol. The van der Waals surface area contributed by atoms with Crippen molar-refractivity contribution >= 4 is 22.5 Å². The number of aromatic amines is 1. The van der Waals surface area contributed by atoms with E-state index >= 15 is 0 Å². The Kier molecular flexibility index (Phi) is 5.97. The molecule has 1 heterocycles. The van der Waals surface area contributed by atoms with Gasteiger partial charge < -0.3 is 15.6 Å². The van der Waals surface area contributed by atoms with Crippen LogP contribution >= 0.6 is 0 Å². The number of para-hydroxylation sites is 1. The molecule has 0 fully saturated rings. The number of H-pyrrole nitrogens is 1. The highest BCUT2D eigenvalue weighted by atomic mass is 16.1. The van der Waals surface area contributed by atoms with Crippen molar-refractivity contribution in [2.24, 2.45) is 0 Å². The molecule has 0 saturated heterocycles. The van der Waals surface area contributed by atoms with Gasteiger partial charge in [-0.1, -0.05) is 51.1 Å². The van der Waals surface area contributed by atoms with E-state index in [0.717, 1.165) is 18.7 Å². The highest BCUT2D eigenvalue weighted by Crippen LogP contribution is 2.23. The van der Waals surface area contributed by atoms with Crippen LogP contribution in [-0.4, -0.2) is 24.0 Å². The summed E-state index contributed by atoms with van der Waals surface area (Å²) in [7, 11) is 0. The Labute approximate surface area is 161 Å². The van der Waals surface area contributed by atoms with Gasteiger partial charge in [-0.15, -0.1) is 0 Å². The van der Waals surface area contributed by atoms with Crippen molar-refractivity contribution in [2.45, 2.75) is 39.0 Å². The van der Waals surface area contributed by atoms with Crippen LogP contribution < -0.4 is 10.6 Å². The normalized spacial score (nSPS) is 11.7. The Bertz CT molecular complexity index is 888. The van der Waals surface area contributed by atoms with E-state index in [-0.39, 0.29) is 11.3 Å². The Hall–Kier alpha value is -2.59. The fraction of sp³-hybridized carbons (Fsp3) is 0.348. The number of hydrogen-bond acceptors (Lipinski definition) is 2. The third kappa shape index (κ3) is 5.20. The SMILES string of the molecule is CC(C)(C)c1ccc(NC(=O)CCNCCc2c[nH]c3ccccc23)cc1. The van der Waals surface area contributed by atoms with Crippen LogP contribution in [0.15, 0.2) is 54.7 Å². The number of carbonyl (C=O) groups is 1. The van der Waals surface area contributed by atoms with Crippen LogP contribution in [-0.2, 0) is 16.6 Å². The zero-order chi connectivity index (χ0) is 19.3. The molecular formula is C23H29N3O. The number of carbonyl (C=O) groups excluding carboxylic acids is 1. The van der Waals surface area contributed by atoms with E-state index < -0.39 is 0 Å². The second kappa shape index (κ2) is 8.40. The first-order chi connectivity index (χ1) is 12.9. The smallest absolute Gasteiger partial charge is 0.225 e. The summed E-state index contributed by atoms with van der Waals surface area (Å²) in [6, 6.07) is 16.4. The maximum absolute atomic E-state index is 12.1. The Morgan fingerprint density at radius 1 is 1.00 bits per heavy atom.